The molecular weight excluding hydrogens is 326 g/mol. The molecule has 0 unspecified atom stereocenters. The fourth-order valence-electron chi connectivity index (χ4n) is 2.69. The Morgan fingerprint density at radius 1 is 1.00 bits per heavy atom. The lowest BCUT2D eigenvalue weighted by molar-refractivity contribution is 0.797. The largest absolute Gasteiger partial charge is 0.387 e. The third-order valence-corrected chi connectivity index (χ3v) is 4.91. The number of benzene rings is 2. The first kappa shape index (κ1) is 19.4. The highest BCUT2D eigenvalue weighted by Crippen LogP contribution is 2.20. The second-order valence-corrected chi connectivity index (χ2v) is 6.58. The van der Waals surface area contributed by atoms with Gasteiger partial charge in [-0.05, 0) is 42.5 Å². The minimum atomic E-state index is 0.887. The lowest BCUT2D eigenvalue weighted by Crippen LogP contribution is -2.21. The van der Waals surface area contributed by atoms with E-state index in [0.717, 1.165) is 31.2 Å². The van der Waals surface area contributed by atoms with Crippen molar-refractivity contribution in [1.29, 1.82) is 0 Å². The fourth-order valence-corrected chi connectivity index (χ4v) is 3.41. The normalized spacial score (nSPS) is 11.4. The van der Waals surface area contributed by atoms with E-state index in [4.69, 9.17) is 0 Å². The van der Waals surface area contributed by atoms with Gasteiger partial charge in [-0.25, -0.2) is 0 Å². The Kier molecular flexibility index (Phi) is 8.43. The molecule has 0 heterocycles. The van der Waals surface area contributed by atoms with Crippen molar-refractivity contribution < 1.29 is 0 Å². The van der Waals surface area contributed by atoms with Crippen LogP contribution >= 0.6 is 11.8 Å². The minimum Gasteiger partial charge on any atom is -0.387 e. The summed E-state index contributed by atoms with van der Waals surface area (Å²) in [4.78, 5) is 2.36. The molecule has 0 fully saturated rings. The Hall–Kier alpha value is -1.91. The predicted molar refractivity (Wildman–Crippen MR) is 113 cm³/mol. The van der Waals surface area contributed by atoms with Gasteiger partial charge in [0.05, 0.1) is 0 Å². The highest BCUT2D eigenvalue weighted by Gasteiger charge is 2.03. The van der Waals surface area contributed by atoms with Crippen LogP contribution in [0.5, 0.6) is 0 Å². The van der Waals surface area contributed by atoms with Gasteiger partial charge in [-0.1, -0.05) is 42.5 Å². The molecule has 0 aliphatic rings. The molecule has 0 atom stereocenters. The zero-order chi connectivity index (χ0) is 17.9. The van der Waals surface area contributed by atoms with Crippen molar-refractivity contribution in [3.8, 4) is 0 Å². The first-order valence-electron chi connectivity index (χ1n) is 8.88. The van der Waals surface area contributed by atoms with Crippen LogP contribution in [0.2, 0.25) is 0 Å². The molecule has 0 radical (unpaired) electrons. The number of hydrogen-bond acceptors (Lipinski definition) is 4. The Morgan fingerprint density at radius 3 is 2.28 bits per heavy atom. The molecule has 134 valence electrons. The van der Waals surface area contributed by atoms with Crippen LogP contribution in [0, 0.1) is 0 Å². The van der Waals surface area contributed by atoms with Gasteiger partial charge in [0, 0.05) is 43.9 Å². The van der Waals surface area contributed by atoms with E-state index in [9.17, 15) is 0 Å². The molecule has 25 heavy (non-hydrogen) atoms. The Labute approximate surface area is 156 Å². The van der Waals surface area contributed by atoms with Gasteiger partial charge in [0.25, 0.3) is 0 Å². The first-order valence-corrected chi connectivity index (χ1v) is 9.92. The molecule has 0 aliphatic heterocycles. The van der Waals surface area contributed by atoms with Crippen LogP contribution in [0.15, 0.2) is 60.0 Å². The molecule has 0 bridgehead atoms. The van der Waals surface area contributed by atoms with E-state index < -0.39 is 0 Å². The number of thioether (sulfide) groups is 1. The van der Waals surface area contributed by atoms with Crippen LogP contribution in [0.4, 0.5) is 5.69 Å². The molecule has 2 aromatic carbocycles. The lowest BCUT2D eigenvalue weighted by atomic mass is 10.1. The van der Waals surface area contributed by atoms with E-state index in [-0.39, 0.29) is 0 Å². The zero-order valence-corrected chi connectivity index (χ0v) is 16.3. The van der Waals surface area contributed by atoms with E-state index in [1.54, 1.807) is 11.8 Å². The summed E-state index contributed by atoms with van der Waals surface area (Å²) in [5, 5.41) is 8.94. The number of hydrogen-bond donors (Lipinski definition) is 2. The molecule has 0 amide bonds. The summed E-state index contributed by atoms with van der Waals surface area (Å²) in [6, 6.07) is 19.3. The van der Waals surface area contributed by atoms with Gasteiger partial charge in [-0.15, -0.1) is 11.8 Å². The smallest absolute Gasteiger partial charge is 0.0475 e. The third kappa shape index (κ3) is 6.15. The van der Waals surface area contributed by atoms with Crippen LogP contribution in [0.25, 0.3) is 5.70 Å². The van der Waals surface area contributed by atoms with Crippen molar-refractivity contribution in [2.45, 2.75) is 20.4 Å². The molecule has 3 nitrogen and oxygen atoms in total. The summed E-state index contributed by atoms with van der Waals surface area (Å²) in [7, 11) is 1.97. The molecule has 2 aromatic rings. The summed E-state index contributed by atoms with van der Waals surface area (Å²) >= 11 is 1.77. The average Bonchev–Trinajstić information content (AvgIpc) is 2.67. The van der Waals surface area contributed by atoms with E-state index in [0.29, 0.717) is 0 Å². The maximum atomic E-state index is 3.46. The summed E-state index contributed by atoms with van der Waals surface area (Å²) in [6.45, 7) is 7.35. The summed E-state index contributed by atoms with van der Waals surface area (Å²) in [5.41, 5.74) is 4.96. The zero-order valence-electron chi connectivity index (χ0n) is 15.5. The monoisotopic (exact) mass is 355 g/mol. The SMILES string of the molecule is CCN(CC)c1ccc(/C(=C/SCNCc2ccccc2)NC)cc1. The van der Waals surface area contributed by atoms with Crippen molar-refractivity contribution in [2.75, 3.05) is 30.9 Å². The topological polar surface area (TPSA) is 27.3 Å². The predicted octanol–water partition coefficient (Wildman–Crippen LogP) is 4.53. The molecule has 4 heteroatoms. The van der Waals surface area contributed by atoms with Gasteiger partial charge in [0.15, 0.2) is 0 Å². The van der Waals surface area contributed by atoms with Gasteiger partial charge in [0.2, 0.25) is 0 Å². The Morgan fingerprint density at radius 2 is 1.68 bits per heavy atom. The second kappa shape index (κ2) is 10.9. The first-order chi connectivity index (χ1) is 12.3. The minimum absolute atomic E-state index is 0.887. The molecule has 0 saturated heterocycles. The Balaban J connectivity index is 1.86. The van der Waals surface area contributed by atoms with E-state index in [1.807, 2.05) is 13.1 Å². The quantitative estimate of drug-likeness (QED) is 0.484. The second-order valence-electron chi connectivity index (χ2n) is 5.72. The van der Waals surface area contributed by atoms with Crippen molar-refractivity contribution in [2.24, 2.45) is 0 Å². The van der Waals surface area contributed by atoms with Crippen LogP contribution in [-0.2, 0) is 6.54 Å². The maximum Gasteiger partial charge on any atom is 0.0475 e. The van der Waals surface area contributed by atoms with Gasteiger partial charge < -0.3 is 15.5 Å². The van der Waals surface area contributed by atoms with Crippen LogP contribution in [0.1, 0.15) is 25.0 Å². The fraction of sp³-hybridized carbons (Fsp3) is 0.333. The van der Waals surface area contributed by atoms with Gasteiger partial charge >= 0.3 is 0 Å². The van der Waals surface area contributed by atoms with E-state index in [1.165, 1.54) is 16.8 Å². The highest BCUT2D eigenvalue weighted by molar-refractivity contribution is 8.02. The third-order valence-electron chi connectivity index (χ3n) is 4.13. The number of nitrogens with one attached hydrogen (secondary N) is 2. The molecule has 0 aliphatic carbocycles. The highest BCUT2D eigenvalue weighted by atomic mass is 32.2. The summed E-state index contributed by atoms with van der Waals surface area (Å²) < 4.78 is 0. The van der Waals surface area contributed by atoms with Crippen LogP contribution in [-0.4, -0.2) is 26.0 Å². The molecule has 2 N–H and O–H groups in total. The Bertz CT molecular complexity index is 634. The number of anilines is 1. The number of nitrogens with zero attached hydrogens (tertiary/aromatic N) is 1. The van der Waals surface area contributed by atoms with E-state index >= 15 is 0 Å². The van der Waals surface area contributed by atoms with Gasteiger partial charge in [-0.3, -0.25) is 0 Å². The van der Waals surface area contributed by atoms with Gasteiger partial charge in [0.1, 0.15) is 0 Å². The standard InChI is InChI=1S/C21H29N3S/c1-4-24(5-2)20-13-11-19(12-14-20)21(22-3)16-25-17-23-15-18-9-7-6-8-10-18/h6-14,16,22-23H,4-5,15,17H2,1-3H3/b21-16-. The van der Waals surface area contributed by atoms with Crippen molar-refractivity contribution in [1.82, 2.24) is 10.6 Å². The average molecular weight is 356 g/mol. The molecular formula is C21H29N3S. The molecule has 0 spiro atoms. The van der Waals surface area contributed by atoms with Crippen molar-refractivity contribution in [3.05, 3.63) is 71.1 Å². The molecule has 0 aromatic heterocycles. The summed E-state index contributed by atoms with van der Waals surface area (Å²) in [5.74, 6) is 0.887. The molecule has 2 rings (SSSR count). The van der Waals surface area contributed by atoms with Crippen molar-refractivity contribution >= 4 is 23.1 Å². The van der Waals surface area contributed by atoms with Gasteiger partial charge in [-0.2, -0.15) is 0 Å². The number of rotatable bonds is 10. The van der Waals surface area contributed by atoms with Crippen LogP contribution in [0.3, 0.4) is 0 Å². The lowest BCUT2D eigenvalue weighted by Gasteiger charge is -2.21. The maximum absolute atomic E-state index is 3.46. The summed E-state index contributed by atoms with van der Waals surface area (Å²) in [6.07, 6.45) is 0. The van der Waals surface area contributed by atoms with E-state index in [2.05, 4.69) is 83.3 Å². The van der Waals surface area contributed by atoms with Crippen molar-refractivity contribution in [3.63, 3.8) is 0 Å². The van der Waals surface area contributed by atoms with Crippen LogP contribution < -0.4 is 15.5 Å². The molecule has 0 saturated carbocycles.